The highest BCUT2D eigenvalue weighted by Gasteiger charge is 2.31. The van der Waals surface area contributed by atoms with E-state index in [4.69, 9.17) is 9.47 Å². The van der Waals surface area contributed by atoms with Gasteiger partial charge in [-0.15, -0.1) is 6.58 Å². The standard InChI is InChI=1S/C12H22O2/c1-6-10-14-12(7-2,8-3)11(5)13-9-4/h6H,1,5,7-10H2,2-4H3. The second-order valence-electron chi connectivity index (χ2n) is 3.16. The molecule has 2 heteroatoms. The zero-order valence-corrected chi connectivity index (χ0v) is 9.64. The molecule has 0 aromatic carbocycles. The fraction of sp³-hybridized carbons (Fsp3) is 0.667. The molecule has 14 heavy (non-hydrogen) atoms. The van der Waals surface area contributed by atoms with Gasteiger partial charge in [0.05, 0.1) is 13.2 Å². The summed E-state index contributed by atoms with van der Waals surface area (Å²) in [6.45, 7) is 14.9. The van der Waals surface area contributed by atoms with Crippen molar-refractivity contribution < 1.29 is 9.47 Å². The number of hydrogen-bond acceptors (Lipinski definition) is 2. The molecule has 0 spiro atoms. The van der Waals surface area contributed by atoms with E-state index < -0.39 is 0 Å². The first kappa shape index (κ1) is 13.2. The summed E-state index contributed by atoms with van der Waals surface area (Å²) in [6.07, 6.45) is 3.49. The normalized spacial score (nSPS) is 11.1. The predicted molar refractivity (Wildman–Crippen MR) is 60.2 cm³/mol. The summed E-state index contributed by atoms with van der Waals surface area (Å²) in [7, 11) is 0. The van der Waals surface area contributed by atoms with E-state index >= 15 is 0 Å². The van der Waals surface area contributed by atoms with Crippen LogP contribution in [0.25, 0.3) is 0 Å². The molecule has 0 radical (unpaired) electrons. The Morgan fingerprint density at radius 3 is 2.21 bits per heavy atom. The summed E-state index contributed by atoms with van der Waals surface area (Å²) < 4.78 is 11.2. The largest absolute Gasteiger partial charge is 0.496 e. The summed E-state index contributed by atoms with van der Waals surface area (Å²) >= 11 is 0. The fourth-order valence-corrected chi connectivity index (χ4v) is 1.45. The van der Waals surface area contributed by atoms with Crippen LogP contribution in [0.4, 0.5) is 0 Å². The molecule has 2 nitrogen and oxygen atoms in total. The minimum Gasteiger partial charge on any atom is -0.496 e. The average molecular weight is 198 g/mol. The first-order chi connectivity index (χ1) is 6.66. The quantitative estimate of drug-likeness (QED) is 0.440. The van der Waals surface area contributed by atoms with E-state index in [1.807, 2.05) is 6.92 Å². The Balaban J connectivity index is 4.49. The van der Waals surface area contributed by atoms with Gasteiger partial charge in [0.25, 0.3) is 0 Å². The maximum absolute atomic E-state index is 5.75. The third-order valence-corrected chi connectivity index (χ3v) is 2.45. The van der Waals surface area contributed by atoms with Crippen LogP contribution in [-0.4, -0.2) is 18.8 Å². The summed E-state index contributed by atoms with van der Waals surface area (Å²) in [5.41, 5.74) is -0.343. The Hall–Kier alpha value is -0.760. The van der Waals surface area contributed by atoms with Crippen LogP contribution < -0.4 is 0 Å². The molecule has 0 N–H and O–H groups in total. The molecular formula is C12H22O2. The third-order valence-electron chi connectivity index (χ3n) is 2.45. The van der Waals surface area contributed by atoms with Crippen molar-refractivity contribution in [1.29, 1.82) is 0 Å². The third kappa shape index (κ3) is 3.18. The topological polar surface area (TPSA) is 18.5 Å². The average Bonchev–Trinajstić information content (AvgIpc) is 2.21. The molecule has 0 rings (SSSR count). The highest BCUT2D eigenvalue weighted by molar-refractivity contribution is 5.06. The minimum absolute atomic E-state index is 0.343. The van der Waals surface area contributed by atoms with Crippen molar-refractivity contribution in [2.45, 2.75) is 39.2 Å². The molecule has 0 bridgehead atoms. The Bertz CT molecular complexity index is 181. The highest BCUT2D eigenvalue weighted by atomic mass is 16.5. The van der Waals surface area contributed by atoms with Gasteiger partial charge in [0.1, 0.15) is 11.4 Å². The van der Waals surface area contributed by atoms with Gasteiger partial charge in [-0.1, -0.05) is 26.5 Å². The van der Waals surface area contributed by atoms with Crippen molar-refractivity contribution in [1.82, 2.24) is 0 Å². The molecule has 82 valence electrons. The second kappa shape index (κ2) is 6.66. The Labute approximate surface area is 87.6 Å². The molecule has 0 saturated heterocycles. The molecule has 0 aromatic rings. The lowest BCUT2D eigenvalue weighted by molar-refractivity contribution is -0.0475. The van der Waals surface area contributed by atoms with Crippen molar-refractivity contribution in [2.24, 2.45) is 0 Å². The van der Waals surface area contributed by atoms with Crippen molar-refractivity contribution in [3.8, 4) is 0 Å². The van der Waals surface area contributed by atoms with Crippen molar-refractivity contribution in [3.63, 3.8) is 0 Å². The number of hydrogen-bond donors (Lipinski definition) is 0. The maximum atomic E-state index is 5.75. The maximum Gasteiger partial charge on any atom is 0.124 e. The summed E-state index contributed by atoms with van der Waals surface area (Å²) in [4.78, 5) is 0. The second-order valence-corrected chi connectivity index (χ2v) is 3.16. The van der Waals surface area contributed by atoms with Crippen LogP contribution in [0.3, 0.4) is 0 Å². The van der Waals surface area contributed by atoms with Crippen LogP contribution in [0.5, 0.6) is 0 Å². The molecule has 0 heterocycles. The SMILES string of the molecule is C=CCOC(CC)(CC)C(=C)OCC. The summed E-state index contributed by atoms with van der Waals surface area (Å²) in [5.74, 6) is 0.729. The van der Waals surface area contributed by atoms with Crippen LogP contribution in [0.15, 0.2) is 25.0 Å². The lowest BCUT2D eigenvalue weighted by Gasteiger charge is -2.32. The van der Waals surface area contributed by atoms with Gasteiger partial charge in [-0.2, -0.15) is 0 Å². The Morgan fingerprint density at radius 2 is 1.86 bits per heavy atom. The van der Waals surface area contributed by atoms with Gasteiger partial charge in [-0.3, -0.25) is 0 Å². The fourth-order valence-electron chi connectivity index (χ4n) is 1.45. The molecule has 0 aliphatic heterocycles. The van der Waals surface area contributed by atoms with E-state index in [0.717, 1.165) is 18.6 Å². The van der Waals surface area contributed by atoms with Crippen LogP contribution in [-0.2, 0) is 9.47 Å². The molecule has 0 unspecified atom stereocenters. The number of rotatable bonds is 8. The van der Waals surface area contributed by atoms with Gasteiger partial charge in [0.2, 0.25) is 0 Å². The van der Waals surface area contributed by atoms with Gasteiger partial charge < -0.3 is 9.47 Å². The molecule has 0 amide bonds. The van der Waals surface area contributed by atoms with Gasteiger partial charge in [-0.25, -0.2) is 0 Å². The molecule has 0 saturated carbocycles. The van der Waals surface area contributed by atoms with Crippen LogP contribution in [0.1, 0.15) is 33.6 Å². The van der Waals surface area contributed by atoms with E-state index in [2.05, 4.69) is 27.0 Å². The predicted octanol–water partition coefficient (Wildman–Crippen LogP) is 3.30. The van der Waals surface area contributed by atoms with E-state index in [9.17, 15) is 0 Å². The van der Waals surface area contributed by atoms with Crippen molar-refractivity contribution in [2.75, 3.05) is 13.2 Å². The van der Waals surface area contributed by atoms with Gasteiger partial charge in [0.15, 0.2) is 0 Å². The van der Waals surface area contributed by atoms with Gasteiger partial charge in [-0.05, 0) is 19.8 Å². The lowest BCUT2D eigenvalue weighted by Crippen LogP contribution is -2.34. The van der Waals surface area contributed by atoms with Gasteiger partial charge in [0, 0.05) is 0 Å². The van der Waals surface area contributed by atoms with Crippen molar-refractivity contribution >= 4 is 0 Å². The molecule has 0 aliphatic rings. The van der Waals surface area contributed by atoms with Crippen LogP contribution >= 0.6 is 0 Å². The molecule has 0 aromatic heterocycles. The molecular weight excluding hydrogens is 176 g/mol. The molecule has 0 aliphatic carbocycles. The zero-order chi connectivity index (χ0) is 11.0. The Morgan fingerprint density at radius 1 is 1.29 bits per heavy atom. The van der Waals surface area contributed by atoms with Crippen LogP contribution in [0.2, 0.25) is 0 Å². The summed E-state index contributed by atoms with van der Waals surface area (Å²) in [6, 6.07) is 0. The van der Waals surface area contributed by atoms with E-state index in [-0.39, 0.29) is 5.60 Å². The monoisotopic (exact) mass is 198 g/mol. The smallest absolute Gasteiger partial charge is 0.124 e. The van der Waals surface area contributed by atoms with E-state index in [1.165, 1.54) is 0 Å². The Kier molecular flexibility index (Phi) is 6.30. The van der Waals surface area contributed by atoms with Crippen molar-refractivity contribution in [3.05, 3.63) is 25.0 Å². The number of ether oxygens (including phenoxy) is 2. The minimum atomic E-state index is -0.343. The van der Waals surface area contributed by atoms with Crippen LogP contribution in [0, 0.1) is 0 Å². The van der Waals surface area contributed by atoms with E-state index in [1.54, 1.807) is 6.08 Å². The first-order valence-electron chi connectivity index (χ1n) is 5.23. The highest BCUT2D eigenvalue weighted by Crippen LogP contribution is 2.29. The lowest BCUT2D eigenvalue weighted by atomic mass is 9.95. The van der Waals surface area contributed by atoms with Gasteiger partial charge >= 0.3 is 0 Å². The molecule has 0 fully saturated rings. The molecule has 0 atom stereocenters. The summed E-state index contributed by atoms with van der Waals surface area (Å²) in [5, 5.41) is 0. The first-order valence-corrected chi connectivity index (χ1v) is 5.23. The van der Waals surface area contributed by atoms with E-state index in [0.29, 0.717) is 13.2 Å². The zero-order valence-electron chi connectivity index (χ0n) is 9.64.